The highest BCUT2D eigenvalue weighted by molar-refractivity contribution is 8.13. The summed E-state index contributed by atoms with van der Waals surface area (Å²) in [4.78, 5) is 13.7. The molecule has 1 heterocycles. The van der Waals surface area contributed by atoms with Crippen molar-refractivity contribution in [1.82, 2.24) is 4.90 Å². The van der Waals surface area contributed by atoms with Gasteiger partial charge in [0.25, 0.3) is 0 Å². The normalized spacial score (nSPS) is 20.2. The maximum Gasteiger partial charge on any atom is 0.232 e. The maximum absolute atomic E-state index is 12.0. The monoisotopic (exact) mass is 345 g/mol. The molecule has 22 heavy (non-hydrogen) atoms. The van der Waals surface area contributed by atoms with Crippen molar-refractivity contribution >= 4 is 25.6 Å². The van der Waals surface area contributed by atoms with Gasteiger partial charge in [0.2, 0.25) is 15.0 Å². The molecule has 0 aliphatic carbocycles. The molecule has 1 fully saturated rings. The van der Waals surface area contributed by atoms with E-state index >= 15 is 0 Å². The molecular formula is C15H20ClNO4S. The molecule has 2 unspecified atom stereocenters. The number of aryl methyl sites for hydroxylation is 1. The lowest BCUT2D eigenvalue weighted by atomic mass is 10.1. The van der Waals surface area contributed by atoms with E-state index in [-0.39, 0.29) is 30.0 Å². The minimum Gasteiger partial charge on any atom is -0.491 e. The molecule has 122 valence electrons. The summed E-state index contributed by atoms with van der Waals surface area (Å²) < 4.78 is 27.9. The first-order valence-electron chi connectivity index (χ1n) is 7.16. The van der Waals surface area contributed by atoms with Crippen LogP contribution in [0.3, 0.4) is 0 Å². The average Bonchev–Trinajstić information content (AvgIpc) is 2.76. The number of nitrogens with zero attached hydrogens (tertiary/aromatic N) is 1. The van der Waals surface area contributed by atoms with Gasteiger partial charge in [0.1, 0.15) is 12.4 Å². The Kier molecular flexibility index (Phi) is 5.34. The number of hydrogen-bond acceptors (Lipinski definition) is 4. The van der Waals surface area contributed by atoms with Gasteiger partial charge in [0.05, 0.1) is 11.8 Å². The van der Waals surface area contributed by atoms with Crippen LogP contribution in [0.5, 0.6) is 5.75 Å². The number of amides is 1. The lowest BCUT2D eigenvalue weighted by molar-refractivity contribution is -0.129. The van der Waals surface area contributed by atoms with Crippen molar-refractivity contribution in [3.05, 3.63) is 29.8 Å². The first-order chi connectivity index (χ1) is 10.2. The van der Waals surface area contributed by atoms with E-state index in [1.54, 1.807) is 4.90 Å². The van der Waals surface area contributed by atoms with Gasteiger partial charge in [-0.15, -0.1) is 0 Å². The number of carbonyl (C=O) groups excluding carboxylic acids is 1. The van der Waals surface area contributed by atoms with Crippen LogP contribution in [-0.2, 0) is 13.8 Å². The van der Waals surface area contributed by atoms with Gasteiger partial charge in [-0.3, -0.25) is 4.79 Å². The van der Waals surface area contributed by atoms with Gasteiger partial charge in [0.15, 0.2) is 0 Å². The van der Waals surface area contributed by atoms with Gasteiger partial charge < -0.3 is 9.64 Å². The average molecular weight is 346 g/mol. The summed E-state index contributed by atoms with van der Waals surface area (Å²) in [6, 6.07) is 7.58. The molecule has 1 aliphatic rings. The zero-order valence-electron chi connectivity index (χ0n) is 12.7. The third-order valence-electron chi connectivity index (χ3n) is 3.72. The van der Waals surface area contributed by atoms with Crippen molar-refractivity contribution in [1.29, 1.82) is 0 Å². The number of likely N-dealkylation sites (tertiary alicyclic amines) is 1. The van der Waals surface area contributed by atoms with Crippen LogP contribution in [-0.4, -0.2) is 44.2 Å². The van der Waals surface area contributed by atoms with E-state index in [4.69, 9.17) is 15.4 Å². The molecule has 1 aliphatic heterocycles. The van der Waals surface area contributed by atoms with Crippen LogP contribution < -0.4 is 4.74 Å². The smallest absolute Gasteiger partial charge is 0.232 e. The van der Waals surface area contributed by atoms with Crippen molar-refractivity contribution in [3.63, 3.8) is 0 Å². The third-order valence-corrected chi connectivity index (χ3v) is 4.97. The highest BCUT2D eigenvalue weighted by Crippen LogP contribution is 2.23. The highest BCUT2D eigenvalue weighted by atomic mass is 35.7. The Balaban J connectivity index is 1.88. The molecule has 0 N–H and O–H groups in total. The Labute approximate surface area is 135 Å². The first kappa shape index (κ1) is 17.1. The number of rotatable bonds is 6. The van der Waals surface area contributed by atoms with E-state index in [0.717, 1.165) is 11.3 Å². The van der Waals surface area contributed by atoms with Crippen molar-refractivity contribution in [2.24, 2.45) is 5.92 Å². The molecule has 1 amide bonds. The van der Waals surface area contributed by atoms with Crippen LogP contribution in [0.1, 0.15) is 18.9 Å². The summed E-state index contributed by atoms with van der Waals surface area (Å²) in [5.74, 6) is 0.300. The van der Waals surface area contributed by atoms with Gasteiger partial charge in [-0.2, -0.15) is 0 Å². The number of hydrogen-bond donors (Lipinski definition) is 0. The fraction of sp³-hybridized carbons (Fsp3) is 0.533. The molecule has 0 saturated carbocycles. The molecule has 0 aromatic heterocycles. The summed E-state index contributed by atoms with van der Waals surface area (Å²) in [5, 5.41) is 0. The van der Waals surface area contributed by atoms with Gasteiger partial charge in [-0.05, 0) is 26.0 Å². The maximum atomic E-state index is 12.0. The fourth-order valence-corrected chi connectivity index (χ4v) is 3.89. The SMILES string of the molecule is Cc1ccc(OCC(C)N2CC(CS(=O)(=O)Cl)CC2=O)cc1. The minimum absolute atomic E-state index is 0.0506. The zero-order chi connectivity index (χ0) is 16.3. The summed E-state index contributed by atoms with van der Waals surface area (Å²) in [5.41, 5.74) is 1.15. The van der Waals surface area contributed by atoms with Gasteiger partial charge in [-0.25, -0.2) is 8.42 Å². The van der Waals surface area contributed by atoms with Crippen LogP contribution in [0.4, 0.5) is 0 Å². The molecular weight excluding hydrogens is 326 g/mol. The second-order valence-corrected chi connectivity index (χ2v) is 8.62. The van der Waals surface area contributed by atoms with Crippen LogP contribution in [0, 0.1) is 12.8 Å². The van der Waals surface area contributed by atoms with Gasteiger partial charge in [-0.1, -0.05) is 17.7 Å². The molecule has 7 heteroatoms. The summed E-state index contributed by atoms with van der Waals surface area (Å²) >= 11 is 0. The van der Waals surface area contributed by atoms with Gasteiger partial charge in [0, 0.05) is 29.6 Å². The molecule has 0 radical (unpaired) electrons. The molecule has 0 spiro atoms. The van der Waals surface area contributed by atoms with E-state index in [2.05, 4.69) is 0 Å². The van der Waals surface area contributed by atoms with Crippen molar-refractivity contribution in [2.45, 2.75) is 26.3 Å². The van der Waals surface area contributed by atoms with Gasteiger partial charge >= 0.3 is 0 Å². The minimum atomic E-state index is -3.58. The molecule has 1 aromatic carbocycles. The fourth-order valence-electron chi connectivity index (χ4n) is 2.57. The summed E-state index contributed by atoms with van der Waals surface area (Å²) in [6.45, 7) is 4.67. The van der Waals surface area contributed by atoms with Crippen molar-refractivity contribution in [3.8, 4) is 5.75 Å². The third kappa shape index (κ3) is 4.88. The van der Waals surface area contributed by atoms with Crippen LogP contribution >= 0.6 is 10.7 Å². The molecule has 0 bridgehead atoms. The predicted octanol–water partition coefficient (Wildman–Crippen LogP) is 2.18. The Bertz CT molecular complexity index is 629. The first-order valence-corrected chi connectivity index (χ1v) is 9.63. The van der Waals surface area contributed by atoms with E-state index in [1.165, 1.54) is 0 Å². The van der Waals surface area contributed by atoms with Crippen LogP contribution in [0.25, 0.3) is 0 Å². The predicted molar refractivity (Wildman–Crippen MR) is 85.6 cm³/mol. The second kappa shape index (κ2) is 6.87. The molecule has 1 saturated heterocycles. The highest BCUT2D eigenvalue weighted by Gasteiger charge is 2.34. The Morgan fingerprint density at radius 1 is 1.36 bits per heavy atom. The van der Waals surface area contributed by atoms with E-state index in [0.29, 0.717) is 13.2 Å². The number of halogens is 1. The lowest BCUT2D eigenvalue weighted by Gasteiger charge is -2.25. The number of benzene rings is 1. The van der Waals surface area contributed by atoms with E-state index < -0.39 is 9.05 Å². The summed E-state index contributed by atoms with van der Waals surface area (Å²) in [6.07, 6.45) is 0.223. The Morgan fingerprint density at radius 2 is 2.00 bits per heavy atom. The van der Waals surface area contributed by atoms with Crippen LogP contribution in [0.15, 0.2) is 24.3 Å². The number of carbonyl (C=O) groups is 1. The summed E-state index contributed by atoms with van der Waals surface area (Å²) in [7, 11) is 1.68. The molecule has 1 aromatic rings. The second-order valence-electron chi connectivity index (χ2n) is 5.79. The largest absolute Gasteiger partial charge is 0.491 e. The van der Waals surface area contributed by atoms with E-state index in [9.17, 15) is 13.2 Å². The van der Waals surface area contributed by atoms with Crippen molar-refractivity contribution < 1.29 is 17.9 Å². The molecule has 5 nitrogen and oxygen atoms in total. The lowest BCUT2D eigenvalue weighted by Crippen LogP contribution is -2.38. The van der Waals surface area contributed by atoms with Crippen LogP contribution in [0.2, 0.25) is 0 Å². The quantitative estimate of drug-likeness (QED) is 0.741. The topological polar surface area (TPSA) is 63.7 Å². The van der Waals surface area contributed by atoms with Crippen molar-refractivity contribution in [2.75, 3.05) is 18.9 Å². The van der Waals surface area contributed by atoms with E-state index in [1.807, 2.05) is 38.1 Å². The zero-order valence-corrected chi connectivity index (χ0v) is 14.2. The molecule has 2 rings (SSSR count). The Morgan fingerprint density at radius 3 is 2.59 bits per heavy atom. The molecule has 2 atom stereocenters. The standard InChI is InChI=1S/C15H20ClNO4S/c1-11-3-5-14(6-4-11)21-9-12(2)17-8-13(7-15(17)18)10-22(16,19)20/h3-6,12-13H,7-10H2,1-2H3. The Hall–Kier alpha value is -1.27. The number of ether oxygens (including phenoxy) is 1.